The van der Waals surface area contributed by atoms with Crippen LogP contribution in [0.1, 0.15) is 31.5 Å². The molecule has 17 heavy (non-hydrogen) atoms. The predicted molar refractivity (Wildman–Crippen MR) is 55.8 cm³/mol. The summed E-state index contributed by atoms with van der Waals surface area (Å²) in [6.07, 6.45) is -0.796. The zero-order chi connectivity index (χ0) is 12.5. The van der Waals surface area contributed by atoms with Crippen molar-refractivity contribution in [3.63, 3.8) is 0 Å². The minimum absolute atomic E-state index is 0.0750. The summed E-state index contributed by atoms with van der Waals surface area (Å²) in [4.78, 5) is 3.28. The van der Waals surface area contributed by atoms with Crippen LogP contribution in [0.25, 0.3) is 0 Å². The monoisotopic (exact) mass is 267 g/mol. The number of nitrogens with two attached hydrogens (primary N) is 1. The van der Waals surface area contributed by atoms with Crippen molar-refractivity contribution in [2.45, 2.75) is 37.4 Å². The van der Waals surface area contributed by atoms with E-state index in [4.69, 9.17) is 10.5 Å². The van der Waals surface area contributed by atoms with Crippen molar-refractivity contribution in [2.75, 3.05) is 6.61 Å². The zero-order valence-corrected chi connectivity index (χ0v) is 9.77. The van der Waals surface area contributed by atoms with Crippen LogP contribution in [0, 0.1) is 0 Å². The lowest BCUT2D eigenvalue weighted by Crippen LogP contribution is -2.42. The lowest BCUT2D eigenvalue weighted by molar-refractivity contribution is -0.144. The van der Waals surface area contributed by atoms with E-state index in [9.17, 15) is 13.2 Å². The van der Waals surface area contributed by atoms with Crippen molar-refractivity contribution in [2.24, 2.45) is 5.73 Å². The molecule has 0 amide bonds. The highest BCUT2D eigenvalue weighted by molar-refractivity contribution is 7.07. The SMILES string of the molecule is NC1(COc2nc(C(F)(F)F)ns2)CCCC1. The Kier molecular flexibility index (Phi) is 3.26. The van der Waals surface area contributed by atoms with E-state index in [1.165, 1.54) is 0 Å². The topological polar surface area (TPSA) is 61.0 Å². The summed E-state index contributed by atoms with van der Waals surface area (Å²) in [5.41, 5.74) is 5.58. The molecule has 1 aliphatic rings. The Balaban J connectivity index is 1.93. The number of hydrogen-bond acceptors (Lipinski definition) is 5. The molecular weight excluding hydrogens is 255 g/mol. The van der Waals surface area contributed by atoms with Crippen molar-refractivity contribution < 1.29 is 17.9 Å². The molecule has 4 nitrogen and oxygen atoms in total. The first-order valence-corrected chi connectivity index (χ1v) is 5.99. The van der Waals surface area contributed by atoms with E-state index >= 15 is 0 Å². The smallest absolute Gasteiger partial charge is 0.452 e. The van der Waals surface area contributed by atoms with E-state index in [0.29, 0.717) is 11.5 Å². The summed E-state index contributed by atoms with van der Waals surface area (Å²) >= 11 is 0.600. The Bertz CT molecular complexity index is 387. The van der Waals surface area contributed by atoms with Crippen LogP contribution in [-0.4, -0.2) is 21.5 Å². The van der Waals surface area contributed by atoms with Crippen LogP contribution in [0.2, 0.25) is 0 Å². The Hall–Kier alpha value is -0.890. The van der Waals surface area contributed by atoms with Gasteiger partial charge in [0.25, 0.3) is 11.0 Å². The Morgan fingerprint density at radius 1 is 1.35 bits per heavy atom. The molecule has 1 heterocycles. The van der Waals surface area contributed by atoms with E-state index in [-0.39, 0.29) is 11.8 Å². The van der Waals surface area contributed by atoms with Crippen molar-refractivity contribution in [3.8, 4) is 5.19 Å². The second-order valence-electron chi connectivity index (χ2n) is 4.24. The molecule has 1 aliphatic carbocycles. The lowest BCUT2D eigenvalue weighted by atomic mass is 10.0. The molecule has 1 fully saturated rings. The van der Waals surface area contributed by atoms with Gasteiger partial charge < -0.3 is 10.5 Å². The van der Waals surface area contributed by atoms with Crippen LogP contribution in [0.3, 0.4) is 0 Å². The fourth-order valence-electron chi connectivity index (χ4n) is 1.81. The van der Waals surface area contributed by atoms with Crippen molar-refractivity contribution in [1.29, 1.82) is 0 Å². The molecule has 96 valence electrons. The maximum Gasteiger partial charge on any atom is 0.452 e. The molecule has 2 N–H and O–H groups in total. The zero-order valence-electron chi connectivity index (χ0n) is 8.96. The van der Waals surface area contributed by atoms with Gasteiger partial charge in [-0.1, -0.05) is 12.8 Å². The van der Waals surface area contributed by atoms with Gasteiger partial charge in [0.05, 0.1) is 5.54 Å². The van der Waals surface area contributed by atoms with Crippen LogP contribution in [-0.2, 0) is 6.18 Å². The standard InChI is InChI=1S/C9H12F3N3OS/c10-9(11,12)6-14-7(17-15-6)16-5-8(13)3-1-2-4-8/h1-5,13H2. The number of rotatable bonds is 3. The van der Waals surface area contributed by atoms with Crippen LogP contribution in [0.4, 0.5) is 13.2 Å². The van der Waals surface area contributed by atoms with Crippen LogP contribution in [0.15, 0.2) is 0 Å². The van der Waals surface area contributed by atoms with Crippen LogP contribution >= 0.6 is 11.5 Å². The second-order valence-corrected chi connectivity index (χ2v) is 4.95. The number of ether oxygens (including phenoxy) is 1. The van der Waals surface area contributed by atoms with Crippen molar-refractivity contribution in [3.05, 3.63) is 5.82 Å². The number of alkyl halides is 3. The van der Waals surface area contributed by atoms with Crippen molar-refractivity contribution >= 4 is 11.5 Å². The third kappa shape index (κ3) is 3.06. The van der Waals surface area contributed by atoms with Gasteiger partial charge in [-0.15, -0.1) is 0 Å². The van der Waals surface area contributed by atoms with Crippen molar-refractivity contribution in [1.82, 2.24) is 9.36 Å². The molecule has 0 unspecified atom stereocenters. The summed E-state index contributed by atoms with van der Waals surface area (Å²) in [5, 5.41) is -0.0750. The summed E-state index contributed by atoms with van der Waals surface area (Å²) in [6, 6.07) is 0. The van der Waals surface area contributed by atoms with Gasteiger partial charge in [-0.25, -0.2) is 0 Å². The molecule has 1 aromatic rings. The van der Waals surface area contributed by atoms with E-state index < -0.39 is 17.5 Å². The molecule has 0 saturated heterocycles. The minimum atomic E-state index is -4.52. The number of halogens is 3. The fourth-order valence-corrected chi connectivity index (χ4v) is 2.36. The Morgan fingerprint density at radius 3 is 2.53 bits per heavy atom. The Labute approximate surface area is 100 Å². The summed E-state index contributed by atoms with van der Waals surface area (Å²) in [6.45, 7) is 0.194. The van der Waals surface area contributed by atoms with Crippen LogP contribution in [0.5, 0.6) is 5.19 Å². The third-order valence-electron chi connectivity index (χ3n) is 2.74. The summed E-state index contributed by atoms with van der Waals surface area (Å²) < 4.78 is 45.0. The van der Waals surface area contributed by atoms with Gasteiger partial charge in [0, 0.05) is 11.5 Å². The molecule has 1 saturated carbocycles. The number of nitrogens with zero attached hydrogens (tertiary/aromatic N) is 2. The van der Waals surface area contributed by atoms with Gasteiger partial charge in [0.2, 0.25) is 0 Å². The van der Waals surface area contributed by atoms with E-state index in [1.807, 2.05) is 0 Å². The van der Waals surface area contributed by atoms with Gasteiger partial charge in [-0.05, 0) is 12.8 Å². The van der Waals surface area contributed by atoms with E-state index in [1.54, 1.807) is 0 Å². The summed E-state index contributed by atoms with van der Waals surface area (Å²) in [5.74, 6) is -1.16. The molecule has 0 atom stereocenters. The predicted octanol–water partition coefficient (Wildman–Crippen LogP) is 2.21. The molecule has 0 aliphatic heterocycles. The normalized spacial score (nSPS) is 19.5. The molecule has 8 heteroatoms. The van der Waals surface area contributed by atoms with Gasteiger partial charge in [0.15, 0.2) is 0 Å². The van der Waals surface area contributed by atoms with E-state index in [0.717, 1.165) is 25.7 Å². The Morgan fingerprint density at radius 2 is 2.00 bits per heavy atom. The fraction of sp³-hybridized carbons (Fsp3) is 0.778. The van der Waals surface area contributed by atoms with Gasteiger partial charge in [-0.2, -0.15) is 22.5 Å². The molecule has 0 aromatic carbocycles. The van der Waals surface area contributed by atoms with Gasteiger partial charge in [-0.3, -0.25) is 0 Å². The van der Waals surface area contributed by atoms with Gasteiger partial charge in [0.1, 0.15) is 6.61 Å². The average Bonchev–Trinajstić information content (AvgIpc) is 2.83. The average molecular weight is 267 g/mol. The highest BCUT2D eigenvalue weighted by atomic mass is 32.1. The number of hydrogen-bond donors (Lipinski definition) is 1. The first-order valence-electron chi connectivity index (χ1n) is 5.22. The molecule has 0 spiro atoms. The first kappa shape index (κ1) is 12.6. The minimum Gasteiger partial charge on any atom is -0.467 e. The maximum atomic E-state index is 12.2. The highest BCUT2D eigenvalue weighted by Gasteiger charge is 2.37. The first-order chi connectivity index (χ1) is 7.89. The van der Waals surface area contributed by atoms with Crippen LogP contribution < -0.4 is 10.5 Å². The maximum absolute atomic E-state index is 12.2. The highest BCUT2D eigenvalue weighted by Crippen LogP contribution is 2.31. The second kappa shape index (κ2) is 4.41. The van der Waals surface area contributed by atoms with Gasteiger partial charge >= 0.3 is 6.18 Å². The molecule has 2 rings (SSSR count). The molecule has 0 radical (unpaired) electrons. The number of aromatic nitrogens is 2. The summed E-state index contributed by atoms with van der Waals surface area (Å²) in [7, 11) is 0. The largest absolute Gasteiger partial charge is 0.467 e. The van der Waals surface area contributed by atoms with E-state index in [2.05, 4.69) is 9.36 Å². The quantitative estimate of drug-likeness (QED) is 0.912. The molecular formula is C9H12F3N3OS. The lowest BCUT2D eigenvalue weighted by Gasteiger charge is -2.22. The molecule has 1 aromatic heterocycles. The third-order valence-corrected chi connectivity index (χ3v) is 3.37. The molecule has 0 bridgehead atoms.